The van der Waals surface area contributed by atoms with Crippen molar-refractivity contribution in [2.75, 3.05) is 6.54 Å². The predicted molar refractivity (Wildman–Crippen MR) is 62.4 cm³/mol. The second kappa shape index (κ2) is 7.09. The number of aliphatic carboxylic acids is 1. The Morgan fingerprint density at radius 2 is 1.88 bits per heavy atom. The van der Waals surface area contributed by atoms with Crippen molar-refractivity contribution < 1.29 is 14.7 Å². The number of hydrogen-bond donors (Lipinski definition) is 2. The smallest absolute Gasteiger partial charge is 0.317 e. The highest BCUT2D eigenvalue weighted by Crippen LogP contribution is 2.01. The first-order valence-electron chi connectivity index (χ1n) is 5.67. The fraction of sp³-hybridized carbons (Fsp3) is 0.818. The van der Waals surface area contributed by atoms with Gasteiger partial charge in [0.1, 0.15) is 0 Å². The van der Waals surface area contributed by atoms with Crippen LogP contribution in [0.15, 0.2) is 0 Å². The minimum Gasteiger partial charge on any atom is -0.481 e. The minimum absolute atomic E-state index is 0.0786. The number of rotatable bonds is 6. The lowest BCUT2D eigenvalue weighted by atomic mass is 10.2. The molecule has 0 saturated heterocycles. The van der Waals surface area contributed by atoms with E-state index in [1.807, 2.05) is 27.7 Å². The molecular weight excluding hydrogens is 208 g/mol. The van der Waals surface area contributed by atoms with Crippen molar-refractivity contribution in [2.24, 2.45) is 0 Å². The van der Waals surface area contributed by atoms with Gasteiger partial charge >= 0.3 is 12.0 Å². The Labute approximate surface area is 96.8 Å². The van der Waals surface area contributed by atoms with Crippen LogP contribution in [-0.2, 0) is 4.79 Å². The average molecular weight is 230 g/mol. The van der Waals surface area contributed by atoms with E-state index in [1.54, 1.807) is 4.90 Å². The van der Waals surface area contributed by atoms with E-state index in [0.717, 1.165) is 0 Å². The Balaban J connectivity index is 4.06. The molecule has 5 heteroatoms. The lowest BCUT2D eigenvalue weighted by Gasteiger charge is -2.27. The van der Waals surface area contributed by atoms with E-state index in [0.29, 0.717) is 13.0 Å². The Bertz CT molecular complexity index is 241. The highest BCUT2D eigenvalue weighted by Gasteiger charge is 2.16. The first-order valence-corrected chi connectivity index (χ1v) is 5.67. The van der Waals surface area contributed by atoms with Crippen molar-refractivity contribution in [2.45, 2.75) is 52.6 Å². The lowest BCUT2D eigenvalue weighted by molar-refractivity contribution is -0.137. The number of hydrogen-bond acceptors (Lipinski definition) is 2. The Morgan fingerprint density at radius 3 is 2.25 bits per heavy atom. The van der Waals surface area contributed by atoms with Gasteiger partial charge in [-0.15, -0.1) is 0 Å². The van der Waals surface area contributed by atoms with Crippen molar-refractivity contribution in [3.05, 3.63) is 0 Å². The molecule has 2 amide bonds. The van der Waals surface area contributed by atoms with Gasteiger partial charge in [-0.2, -0.15) is 0 Å². The fourth-order valence-corrected chi connectivity index (χ4v) is 1.45. The molecule has 0 fully saturated rings. The van der Waals surface area contributed by atoms with Gasteiger partial charge in [0, 0.05) is 25.0 Å². The summed E-state index contributed by atoms with van der Waals surface area (Å²) in [6, 6.07) is -0.0940. The third kappa shape index (κ3) is 5.58. The van der Waals surface area contributed by atoms with Crippen LogP contribution in [0, 0.1) is 0 Å². The van der Waals surface area contributed by atoms with Crippen LogP contribution in [0.25, 0.3) is 0 Å². The van der Waals surface area contributed by atoms with Crippen LogP contribution in [0.3, 0.4) is 0 Å². The maximum Gasteiger partial charge on any atom is 0.317 e. The van der Waals surface area contributed by atoms with Crippen LogP contribution in [0.2, 0.25) is 0 Å². The summed E-state index contributed by atoms with van der Waals surface area (Å²) >= 11 is 0. The zero-order chi connectivity index (χ0) is 12.7. The number of nitrogens with one attached hydrogen (secondary N) is 1. The molecule has 0 aromatic carbocycles. The van der Waals surface area contributed by atoms with Gasteiger partial charge in [-0.3, -0.25) is 4.79 Å². The van der Waals surface area contributed by atoms with Gasteiger partial charge in [0.05, 0.1) is 0 Å². The van der Waals surface area contributed by atoms with Crippen molar-refractivity contribution in [1.29, 1.82) is 0 Å². The fourth-order valence-electron chi connectivity index (χ4n) is 1.45. The standard InChI is InChI=1S/C11H22N2O3/c1-5-13(8(2)3)11(16)12-9(4)6-7-10(14)15/h8-9H,5-7H2,1-4H3,(H,12,16)(H,14,15). The molecule has 2 N–H and O–H groups in total. The molecule has 5 nitrogen and oxygen atoms in total. The highest BCUT2D eigenvalue weighted by atomic mass is 16.4. The quantitative estimate of drug-likeness (QED) is 0.729. The zero-order valence-corrected chi connectivity index (χ0v) is 10.5. The third-order valence-electron chi connectivity index (χ3n) is 2.39. The summed E-state index contributed by atoms with van der Waals surface area (Å²) in [5.74, 6) is -0.836. The van der Waals surface area contributed by atoms with E-state index >= 15 is 0 Å². The number of carboxylic acid groups (broad SMARTS) is 1. The van der Waals surface area contributed by atoms with Crippen LogP contribution >= 0.6 is 0 Å². The molecule has 0 rings (SSSR count). The molecule has 0 aliphatic rings. The summed E-state index contributed by atoms with van der Waals surface area (Å²) in [7, 11) is 0. The number of amides is 2. The van der Waals surface area contributed by atoms with E-state index in [2.05, 4.69) is 5.32 Å². The molecule has 0 aliphatic carbocycles. The van der Waals surface area contributed by atoms with Crippen molar-refractivity contribution >= 4 is 12.0 Å². The molecule has 0 bridgehead atoms. The van der Waals surface area contributed by atoms with Gasteiger partial charge in [0.15, 0.2) is 0 Å². The molecular formula is C11H22N2O3. The van der Waals surface area contributed by atoms with Gasteiger partial charge < -0.3 is 15.3 Å². The Morgan fingerprint density at radius 1 is 1.31 bits per heavy atom. The van der Waals surface area contributed by atoms with Gasteiger partial charge in [-0.05, 0) is 34.1 Å². The summed E-state index contributed by atoms with van der Waals surface area (Å²) in [5, 5.41) is 11.3. The molecule has 0 saturated carbocycles. The number of carbonyl (C=O) groups excluding carboxylic acids is 1. The number of carbonyl (C=O) groups is 2. The predicted octanol–water partition coefficient (Wildman–Crippen LogP) is 1.68. The summed E-state index contributed by atoms with van der Waals surface area (Å²) in [6.07, 6.45) is 0.534. The molecule has 1 atom stereocenters. The Kier molecular flexibility index (Phi) is 6.53. The molecule has 1 unspecified atom stereocenters. The molecule has 0 radical (unpaired) electrons. The number of nitrogens with zero attached hydrogens (tertiary/aromatic N) is 1. The molecule has 0 spiro atoms. The summed E-state index contributed by atoms with van der Waals surface area (Å²) < 4.78 is 0. The first-order chi connectivity index (χ1) is 7.38. The molecule has 0 aliphatic heterocycles. The Hall–Kier alpha value is -1.26. The second-order valence-electron chi connectivity index (χ2n) is 4.16. The normalized spacial score (nSPS) is 12.3. The third-order valence-corrected chi connectivity index (χ3v) is 2.39. The molecule has 0 heterocycles. The van der Waals surface area contributed by atoms with E-state index in [4.69, 9.17) is 5.11 Å². The van der Waals surface area contributed by atoms with Gasteiger partial charge in [-0.25, -0.2) is 4.79 Å². The minimum atomic E-state index is -0.836. The van der Waals surface area contributed by atoms with E-state index < -0.39 is 5.97 Å². The van der Waals surface area contributed by atoms with E-state index in [1.165, 1.54) is 0 Å². The van der Waals surface area contributed by atoms with Gasteiger partial charge in [0.25, 0.3) is 0 Å². The summed E-state index contributed by atoms with van der Waals surface area (Å²) in [4.78, 5) is 23.8. The summed E-state index contributed by atoms with van der Waals surface area (Å²) in [5.41, 5.74) is 0. The number of carboxylic acids is 1. The molecule has 16 heavy (non-hydrogen) atoms. The second-order valence-corrected chi connectivity index (χ2v) is 4.16. The van der Waals surface area contributed by atoms with Crippen LogP contribution in [0.5, 0.6) is 0 Å². The van der Waals surface area contributed by atoms with Crippen molar-refractivity contribution in [3.63, 3.8) is 0 Å². The van der Waals surface area contributed by atoms with Crippen molar-refractivity contribution in [1.82, 2.24) is 10.2 Å². The van der Waals surface area contributed by atoms with Crippen LogP contribution in [-0.4, -0.2) is 40.6 Å². The van der Waals surface area contributed by atoms with Gasteiger partial charge in [-0.1, -0.05) is 0 Å². The topological polar surface area (TPSA) is 69.6 Å². The zero-order valence-electron chi connectivity index (χ0n) is 10.5. The maximum atomic E-state index is 11.7. The molecule has 0 aromatic rings. The largest absolute Gasteiger partial charge is 0.481 e. The van der Waals surface area contributed by atoms with Crippen LogP contribution in [0.4, 0.5) is 4.79 Å². The lowest BCUT2D eigenvalue weighted by Crippen LogP contribution is -2.46. The van der Waals surface area contributed by atoms with Crippen LogP contribution < -0.4 is 5.32 Å². The highest BCUT2D eigenvalue weighted by molar-refractivity contribution is 5.74. The first kappa shape index (κ1) is 14.7. The van der Waals surface area contributed by atoms with E-state index in [9.17, 15) is 9.59 Å². The molecule has 0 aromatic heterocycles. The monoisotopic (exact) mass is 230 g/mol. The summed E-state index contributed by atoms with van der Waals surface area (Å²) in [6.45, 7) is 8.28. The molecule has 94 valence electrons. The number of urea groups is 1. The van der Waals surface area contributed by atoms with Crippen molar-refractivity contribution in [3.8, 4) is 0 Å². The average Bonchev–Trinajstić information content (AvgIpc) is 2.15. The SMILES string of the molecule is CCN(C(=O)NC(C)CCC(=O)O)C(C)C. The maximum absolute atomic E-state index is 11.7. The van der Waals surface area contributed by atoms with Crippen LogP contribution in [0.1, 0.15) is 40.5 Å². The van der Waals surface area contributed by atoms with E-state index in [-0.39, 0.29) is 24.5 Å². The van der Waals surface area contributed by atoms with Gasteiger partial charge in [0.2, 0.25) is 0 Å².